The smallest absolute Gasteiger partial charge is 0.123 e. The van der Waals surface area contributed by atoms with E-state index in [4.69, 9.17) is 16.3 Å². The summed E-state index contributed by atoms with van der Waals surface area (Å²) in [6.45, 7) is 0.557. The highest BCUT2D eigenvalue weighted by molar-refractivity contribution is 9.08. The normalized spacial score (nSPS) is 10.2. The van der Waals surface area contributed by atoms with Crippen LogP contribution in [0.5, 0.6) is 5.75 Å². The fraction of sp³-hybridized carbons (Fsp3) is 0.143. The summed E-state index contributed by atoms with van der Waals surface area (Å²) in [4.78, 5) is 0. The molecule has 0 spiro atoms. The third-order valence-electron chi connectivity index (χ3n) is 2.42. The Morgan fingerprint density at radius 3 is 2.41 bits per heavy atom. The molecule has 0 saturated heterocycles. The second kappa shape index (κ2) is 6.08. The minimum absolute atomic E-state index is 0.557. The zero-order valence-electron chi connectivity index (χ0n) is 9.20. The summed E-state index contributed by atoms with van der Waals surface area (Å²) >= 11 is 9.28. The molecule has 0 heterocycles. The first-order valence-electron chi connectivity index (χ1n) is 5.30. The molecule has 0 radical (unpaired) electrons. The van der Waals surface area contributed by atoms with Gasteiger partial charge in [0.05, 0.1) is 0 Å². The lowest BCUT2D eigenvalue weighted by Gasteiger charge is -2.09. The van der Waals surface area contributed by atoms with Crippen molar-refractivity contribution in [3.05, 3.63) is 64.7 Å². The fourth-order valence-electron chi connectivity index (χ4n) is 1.50. The van der Waals surface area contributed by atoms with E-state index in [1.807, 2.05) is 48.5 Å². The summed E-state index contributed by atoms with van der Waals surface area (Å²) in [5.41, 5.74) is 2.26. The van der Waals surface area contributed by atoms with E-state index in [1.165, 1.54) is 0 Å². The molecule has 0 amide bonds. The standard InChI is InChI=1S/C14H12BrClO/c15-9-12-3-1-2-4-14(12)17-10-11-5-7-13(16)8-6-11/h1-8H,9-10H2. The van der Waals surface area contributed by atoms with Crippen LogP contribution < -0.4 is 4.74 Å². The van der Waals surface area contributed by atoms with E-state index in [-0.39, 0.29) is 0 Å². The van der Waals surface area contributed by atoms with Crippen LogP contribution in [0.25, 0.3) is 0 Å². The molecule has 0 fully saturated rings. The second-order valence-corrected chi connectivity index (χ2v) is 4.65. The highest BCUT2D eigenvalue weighted by Gasteiger charge is 2.01. The van der Waals surface area contributed by atoms with Gasteiger partial charge in [0.2, 0.25) is 0 Å². The monoisotopic (exact) mass is 310 g/mol. The Bertz CT molecular complexity index is 482. The van der Waals surface area contributed by atoms with Gasteiger partial charge >= 0.3 is 0 Å². The van der Waals surface area contributed by atoms with Crippen LogP contribution in [0.3, 0.4) is 0 Å². The maximum atomic E-state index is 5.83. The summed E-state index contributed by atoms with van der Waals surface area (Å²) in [5, 5.41) is 1.54. The fourth-order valence-corrected chi connectivity index (χ4v) is 2.09. The summed E-state index contributed by atoms with van der Waals surface area (Å²) in [5.74, 6) is 0.916. The van der Waals surface area contributed by atoms with Crippen LogP contribution in [-0.2, 0) is 11.9 Å². The molecule has 0 aliphatic carbocycles. The Labute approximate surface area is 115 Å². The quantitative estimate of drug-likeness (QED) is 0.736. The molecule has 0 bridgehead atoms. The molecule has 0 aromatic heterocycles. The minimum atomic E-state index is 0.557. The van der Waals surface area contributed by atoms with Gasteiger partial charge in [0.25, 0.3) is 0 Å². The lowest BCUT2D eigenvalue weighted by molar-refractivity contribution is 0.304. The van der Waals surface area contributed by atoms with Crippen LogP contribution >= 0.6 is 27.5 Å². The van der Waals surface area contributed by atoms with Gasteiger partial charge in [-0.3, -0.25) is 0 Å². The van der Waals surface area contributed by atoms with Gasteiger partial charge in [-0.25, -0.2) is 0 Å². The Hall–Kier alpha value is -0.990. The van der Waals surface area contributed by atoms with Gasteiger partial charge in [0.1, 0.15) is 12.4 Å². The first-order chi connectivity index (χ1) is 8.29. The van der Waals surface area contributed by atoms with Gasteiger partial charge < -0.3 is 4.74 Å². The summed E-state index contributed by atoms with van der Waals surface area (Å²) in [6, 6.07) is 15.7. The van der Waals surface area contributed by atoms with Crippen molar-refractivity contribution in [3.8, 4) is 5.75 Å². The van der Waals surface area contributed by atoms with Crippen molar-refractivity contribution < 1.29 is 4.74 Å². The van der Waals surface area contributed by atoms with Crippen molar-refractivity contribution >= 4 is 27.5 Å². The number of benzene rings is 2. The molecule has 2 rings (SSSR count). The van der Waals surface area contributed by atoms with Gasteiger partial charge in [-0.05, 0) is 23.8 Å². The highest BCUT2D eigenvalue weighted by Crippen LogP contribution is 2.21. The predicted octanol–water partition coefficient (Wildman–Crippen LogP) is 4.81. The predicted molar refractivity (Wildman–Crippen MR) is 74.9 cm³/mol. The van der Waals surface area contributed by atoms with E-state index in [2.05, 4.69) is 15.9 Å². The van der Waals surface area contributed by atoms with Gasteiger partial charge in [0.15, 0.2) is 0 Å². The molecular weight excluding hydrogens is 300 g/mol. The van der Waals surface area contributed by atoms with Crippen LogP contribution in [0.2, 0.25) is 5.02 Å². The van der Waals surface area contributed by atoms with Gasteiger partial charge in [-0.15, -0.1) is 0 Å². The molecule has 17 heavy (non-hydrogen) atoms. The molecule has 3 heteroatoms. The SMILES string of the molecule is Clc1ccc(COc2ccccc2CBr)cc1. The van der Waals surface area contributed by atoms with Crippen LogP contribution in [0.4, 0.5) is 0 Å². The van der Waals surface area contributed by atoms with Gasteiger partial charge in [-0.2, -0.15) is 0 Å². The summed E-state index contributed by atoms with van der Waals surface area (Å²) in [7, 11) is 0. The molecule has 1 nitrogen and oxygen atoms in total. The minimum Gasteiger partial charge on any atom is -0.489 e. The average Bonchev–Trinajstić information content (AvgIpc) is 2.38. The van der Waals surface area contributed by atoms with E-state index in [0.717, 1.165) is 27.2 Å². The first kappa shape index (κ1) is 12.5. The van der Waals surface area contributed by atoms with E-state index in [9.17, 15) is 0 Å². The lowest BCUT2D eigenvalue weighted by Crippen LogP contribution is -1.97. The van der Waals surface area contributed by atoms with Crippen LogP contribution in [0.1, 0.15) is 11.1 Å². The van der Waals surface area contributed by atoms with Crippen molar-refractivity contribution in [2.75, 3.05) is 0 Å². The molecule has 0 aliphatic heterocycles. The van der Waals surface area contributed by atoms with Gasteiger partial charge in [-0.1, -0.05) is 57.9 Å². The van der Waals surface area contributed by atoms with Crippen LogP contribution in [0, 0.1) is 0 Å². The third-order valence-corrected chi connectivity index (χ3v) is 3.28. The van der Waals surface area contributed by atoms with Crippen molar-refractivity contribution in [1.82, 2.24) is 0 Å². The van der Waals surface area contributed by atoms with E-state index in [0.29, 0.717) is 6.61 Å². The molecule has 2 aromatic rings. The number of alkyl halides is 1. The Kier molecular flexibility index (Phi) is 4.46. The molecule has 2 aromatic carbocycles. The van der Waals surface area contributed by atoms with E-state index in [1.54, 1.807) is 0 Å². The molecule has 0 atom stereocenters. The second-order valence-electron chi connectivity index (χ2n) is 3.66. The molecule has 0 saturated carbocycles. The maximum Gasteiger partial charge on any atom is 0.123 e. The van der Waals surface area contributed by atoms with Crippen molar-refractivity contribution in [3.63, 3.8) is 0 Å². The Balaban J connectivity index is 2.04. The van der Waals surface area contributed by atoms with Crippen molar-refractivity contribution in [1.29, 1.82) is 0 Å². The number of para-hydroxylation sites is 1. The lowest BCUT2D eigenvalue weighted by atomic mass is 10.2. The van der Waals surface area contributed by atoms with Crippen LogP contribution in [0.15, 0.2) is 48.5 Å². The largest absolute Gasteiger partial charge is 0.489 e. The molecule has 0 aliphatic rings. The topological polar surface area (TPSA) is 9.23 Å². The Morgan fingerprint density at radius 1 is 1.00 bits per heavy atom. The van der Waals surface area contributed by atoms with Crippen LogP contribution in [-0.4, -0.2) is 0 Å². The number of hydrogen-bond donors (Lipinski definition) is 0. The van der Waals surface area contributed by atoms with Gasteiger partial charge in [0, 0.05) is 15.9 Å². The number of halogens is 2. The average molecular weight is 312 g/mol. The number of ether oxygens (including phenoxy) is 1. The molecule has 0 unspecified atom stereocenters. The molecule has 88 valence electrons. The molecular formula is C14H12BrClO. The van der Waals surface area contributed by atoms with E-state index < -0.39 is 0 Å². The van der Waals surface area contributed by atoms with Crippen molar-refractivity contribution in [2.45, 2.75) is 11.9 Å². The summed E-state index contributed by atoms with van der Waals surface area (Å²) in [6.07, 6.45) is 0. The zero-order chi connectivity index (χ0) is 12.1. The first-order valence-corrected chi connectivity index (χ1v) is 6.80. The third kappa shape index (κ3) is 3.48. The number of hydrogen-bond acceptors (Lipinski definition) is 1. The summed E-state index contributed by atoms with van der Waals surface area (Å²) < 4.78 is 5.78. The maximum absolute atomic E-state index is 5.83. The zero-order valence-corrected chi connectivity index (χ0v) is 11.5. The molecule has 0 N–H and O–H groups in total. The van der Waals surface area contributed by atoms with E-state index >= 15 is 0 Å². The highest BCUT2D eigenvalue weighted by atomic mass is 79.9. The van der Waals surface area contributed by atoms with Crippen molar-refractivity contribution in [2.24, 2.45) is 0 Å². The number of rotatable bonds is 4. The Morgan fingerprint density at radius 2 is 1.71 bits per heavy atom.